The van der Waals surface area contributed by atoms with E-state index in [1.54, 1.807) is 6.07 Å². The number of aliphatic hydroxyl groups is 1. The van der Waals surface area contributed by atoms with Crippen LogP contribution in [-0.4, -0.2) is 28.6 Å². The molecule has 144 valence electrons. The molecule has 3 N–H and O–H groups in total. The first-order valence-electron chi connectivity index (χ1n) is 7.67. The number of anilines is 1. The van der Waals surface area contributed by atoms with Gasteiger partial charge in [0.15, 0.2) is 0 Å². The van der Waals surface area contributed by atoms with Gasteiger partial charge in [-0.25, -0.2) is 23.1 Å². The Morgan fingerprint density at radius 2 is 1.79 bits per heavy atom. The van der Waals surface area contributed by atoms with E-state index in [0.29, 0.717) is 0 Å². The highest BCUT2D eigenvalue weighted by Crippen LogP contribution is 2.26. The number of sulfonamides is 1. The zero-order valence-electron chi connectivity index (χ0n) is 14.1. The average molecular weight is 403 g/mol. The van der Waals surface area contributed by atoms with Crippen molar-refractivity contribution in [1.82, 2.24) is 9.97 Å². The van der Waals surface area contributed by atoms with E-state index in [1.165, 1.54) is 36.7 Å². The van der Waals surface area contributed by atoms with Crippen LogP contribution in [0.25, 0.3) is 0 Å². The van der Waals surface area contributed by atoms with Crippen molar-refractivity contribution >= 4 is 27.5 Å². The van der Waals surface area contributed by atoms with Crippen molar-refractivity contribution in [3.8, 4) is 5.75 Å². The molecule has 3 aromatic rings. The van der Waals surface area contributed by atoms with Crippen LogP contribution in [0.5, 0.6) is 5.75 Å². The maximum Gasteiger partial charge on any atom is 0.285 e. The van der Waals surface area contributed by atoms with E-state index in [9.17, 15) is 18.3 Å². The lowest BCUT2D eigenvalue weighted by molar-refractivity contribution is 0.243. The Labute approximate surface area is 158 Å². The number of aliphatic hydroxyl groups excluding tert-OH is 1. The molecule has 0 atom stereocenters. The maximum absolute atomic E-state index is 12.3. The van der Waals surface area contributed by atoms with E-state index in [1.807, 2.05) is 0 Å². The first kappa shape index (κ1) is 19.1. The summed E-state index contributed by atoms with van der Waals surface area (Å²) in [6, 6.07) is 7.74. The molecule has 0 saturated heterocycles. The van der Waals surface area contributed by atoms with Gasteiger partial charge in [0.2, 0.25) is 17.1 Å². The number of hydrogen-bond donors (Lipinski definition) is 3. The molecule has 1 aromatic carbocycles. The summed E-state index contributed by atoms with van der Waals surface area (Å²) in [4.78, 5) is 19.0. The zero-order valence-corrected chi connectivity index (χ0v) is 14.9. The molecule has 0 fully saturated rings. The van der Waals surface area contributed by atoms with Crippen molar-refractivity contribution < 1.29 is 23.0 Å². The lowest BCUT2D eigenvalue weighted by Crippen LogP contribution is -2.14. The Bertz CT molecular complexity index is 1160. The molecule has 0 aliphatic heterocycles. The van der Waals surface area contributed by atoms with Gasteiger partial charge in [0, 0.05) is 18.5 Å². The van der Waals surface area contributed by atoms with Crippen LogP contribution in [0.15, 0.2) is 73.1 Å². The molecule has 28 heavy (non-hydrogen) atoms. The molecular weight excluding hydrogens is 390 g/mol. The van der Waals surface area contributed by atoms with Gasteiger partial charge in [-0.05, 0) is 30.3 Å². The maximum atomic E-state index is 12.3. The number of aromatic nitrogens is 2. The molecule has 12 heteroatoms. The zero-order chi connectivity index (χ0) is 20.1. The number of nitrogens with zero attached hydrogens (tertiary/aromatic N) is 4. The topological polar surface area (TPSA) is 167 Å². The molecule has 0 saturated carbocycles. The van der Waals surface area contributed by atoms with Gasteiger partial charge >= 0.3 is 0 Å². The minimum absolute atomic E-state index is 0.0597. The number of hydrogen-bond acceptors (Lipinski definition) is 10. The van der Waals surface area contributed by atoms with E-state index in [4.69, 9.17) is 9.52 Å². The second-order valence-corrected chi connectivity index (χ2v) is 6.94. The summed E-state index contributed by atoms with van der Waals surface area (Å²) in [5.41, 5.74) is -0.550. The van der Waals surface area contributed by atoms with E-state index in [-0.39, 0.29) is 22.3 Å². The van der Waals surface area contributed by atoms with Gasteiger partial charge in [-0.1, -0.05) is 0 Å². The third-order valence-corrected chi connectivity index (χ3v) is 4.65. The van der Waals surface area contributed by atoms with E-state index in [0.717, 1.165) is 6.07 Å². The van der Waals surface area contributed by atoms with Crippen LogP contribution < -0.4 is 10.2 Å². The van der Waals surface area contributed by atoms with Crippen LogP contribution in [0.2, 0.25) is 0 Å². The van der Waals surface area contributed by atoms with Gasteiger partial charge in [0.1, 0.15) is 12.4 Å². The third kappa shape index (κ3) is 4.36. The van der Waals surface area contributed by atoms with Crippen LogP contribution in [0.1, 0.15) is 5.76 Å². The van der Waals surface area contributed by atoms with Crippen LogP contribution in [0, 0.1) is 0 Å². The highest BCUT2D eigenvalue weighted by molar-refractivity contribution is 7.92. The minimum Gasteiger partial charge on any atom is -0.500 e. The quantitative estimate of drug-likeness (QED) is 0.524. The van der Waals surface area contributed by atoms with Crippen molar-refractivity contribution in [2.24, 2.45) is 10.2 Å². The predicted molar refractivity (Wildman–Crippen MR) is 96.0 cm³/mol. The van der Waals surface area contributed by atoms with Crippen molar-refractivity contribution in [3.05, 3.63) is 64.8 Å². The van der Waals surface area contributed by atoms with Gasteiger partial charge < -0.3 is 14.6 Å². The summed E-state index contributed by atoms with van der Waals surface area (Å²) in [6.07, 6.45) is 2.79. The predicted octanol–water partition coefficient (Wildman–Crippen LogP) is 1.84. The number of benzene rings is 1. The Morgan fingerprint density at radius 3 is 2.43 bits per heavy atom. The van der Waals surface area contributed by atoms with Gasteiger partial charge in [-0.15, -0.1) is 10.2 Å². The van der Waals surface area contributed by atoms with Crippen molar-refractivity contribution in [1.29, 1.82) is 0 Å². The van der Waals surface area contributed by atoms with Gasteiger partial charge in [0.25, 0.3) is 15.9 Å². The first-order valence-corrected chi connectivity index (χ1v) is 9.16. The molecule has 3 rings (SSSR count). The number of aromatic hydroxyl groups is 1. The van der Waals surface area contributed by atoms with E-state index in [2.05, 4.69) is 24.9 Å². The average Bonchev–Trinajstić information content (AvgIpc) is 2.69. The molecule has 0 spiro atoms. The monoisotopic (exact) mass is 403 g/mol. The molecule has 2 aromatic heterocycles. The second-order valence-electron chi connectivity index (χ2n) is 5.26. The van der Waals surface area contributed by atoms with Crippen molar-refractivity contribution in [2.45, 2.75) is 11.5 Å². The summed E-state index contributed by atoms with van der Waals surface area (Å²) >= 11 is 0. The minimum atomic E-state index is -3.89. The number of rotatable bonds is 6. The van der Waals surface area contributed by atoms with Gasteiger partial charge in [0.05, 0.1) is 10.6 Å². The summed E-state index contributed by atoms with van der Waals surface area (Å²) in [5, 5.41) is 26.1. The summed E-state index contributed by atoms with van der Waals surface area (Å²) in [7, 11) is -3.89. The van der Waals surface area contributed by atoms with Gasteiger partial charge in [-0.2, -0.15) is 0 Å². The van der Waals surface area contributed by atoms with E-state index < -0.39 is 33.7 Å². The lowest BCUT2D eigenvalue weighted by Gasteiger charge is -2.06. The normalized spacial score (nSPS) is 11.6. The van der Waals surface area contributed by atoms with Crippen LogP contribution in [0.4, 0.5) is 17.5 Å². The number of azo groups is 1. The Balaban J connectivity index is 1.81. The molecule has 0 amide bonds. The molecule has 0 aliphatic carbocycles. The summed E-state index contributed by atoms with van der Waals surface area (Å²) in [6.45, 7) is -0.553. The lowest BCUT2D eigenvalue weighted by atomic mass is 10.3. The molecule has 0 radical (unpaired) electrons. The van der Waals surface area contributed by atoms with Crippen molar-refractivity contribution in [3.63, 3.8) is 0 Å². The molecule has 0 bridgehead atoms. The Morgan fingerprint density at radius 1 is 1.11 bits per heavy atom. The fourth-order valence-corrected chi connectivity index (χ4v) is 2.95. The Kier molecular flexibility index (Phi) is 5.42. The third-order valence-electron chi connectivity index (χ3n) is 3.31. The number of nitrogens with one attached hydrogen (secondary N) is 1. The van der Waals surface area contributed by atoms with Crippen LogP contribution in [0.3, 0.4) is 0 Å². The van der Waals surface area contributed by atoms with Gasteiger partial charge in [-0.3, -0.25) is 4.79 Å². The molecule has 2 heterocycles. The fraction of sp³-hybridized carbons (Fsp3) is 0.0625. The first-order chi connectivity index (χ1) is 13.4. The smallest absolute Gasteiger partial charge is 0.285 e. The highest BCUT2D eigenvalue weighted by atomic mass is 32.2. The fourth-order valence-electron chi connectivity index (χ4n) is 1.99. The van der Waals surface area contributed by atoms with Crippen LogP contribution >= 0.6 is 0 Å². The second kappa shape index (κ2) is 7.94. The molecular formula is C16H13N5O6S. The largest absolute Gasteiger partial charge is 0.500 e. The van der Waals surface area contributed by atoms with E-state index >= 15 is 0 Å². The summed E-state index contributed by atoms with van der Waals surface area (Å²) < 4.78 is 31.8. The summed E-state index contributed by atoms with van der Waals surface area (Å²) in [5.74, 6) is -1.39. The van der Waals surface area contributed by atoms with Crippen LogP contribution in [-0.2, 0) is 16.6 Å². The Hall–Kier alpha value is -3.64. The standard InChI is InChI=1S/C16H13N5O6S/c22-9-11-8-13(23)14(24)15(27-11)20-19-10-2-4-12(5-3-10)28(25,26)21-16-17-6-1-7-18-16/h1-8,22,24H,9H2,(H,17,18,21). The highest BCUT2D eigenvalue weighted by Gasteiger charge is 2.15. The molecule has 0 aliphatic rings. The SMILES string of the molecule is O=c1cc(CO)oc(N=Nc2ccc(S(=O)(=O)Nc3ncccn3)cc2)c1O. The molecule has 11 nitrogen and oxygen atoms in total. The van der Waals surface area contributed by atoms with Crippen molar-refractivity contribution in [2.75, 3.05) is 4.72 Å². The molecule has 0 unspecified atom stereocenters.